The van der Waals surface area contributed by atoms with Crippen molar-refractivity contribution in [2.24, 2.45) is 0 Å². The number of nitrogens with one attached hydrogen (secondary N) is 1. The molecule has 204 valence electrons. The zero-order valence-corrected chi connectivity index (χ0v) is 24.6. The van der Waals surface area contributed by atoms with Crippen molar-refractivity contribution in [2.75, 3.05) is 5.73 Å². The SMILES string of the molecule is Cc1ccc(C(=O)N[C@H]2CCc3cc(-n4c(-c5cccnc5N)nc5ccc(C#C[Si](C)(C)C)nc54)ccc32)cn1. The lowest BCUT2D eigenvalue weighted by Crippen LogP contribution is -2.27. The van der Waals surface area contributed by atoms with Gasteiger partial charge in [0.05, 0.1) is 17.2 Å². The number of nitrogens with two attached hydrogens (primary N) is 1. The van der Waals surface area contributed by atoms with Crippen LogP contribution in [0.25, 0.3) is 28.2 Å². The predicted molar refractivity (Wildman–Crippen MR) is 164 cm³/mol. The number of aryl methyl sites for hydroxylation is 2. The molecule has 5 aromatic rings. The van der Waals surface area contributed by atoms with Crippen LogP contribution < -0.4 is 11.1 Å². The molecule has 0 fully saturated rings. The number of nitrogens with zero attached hydrogens (tertiary/aromatic N) is 5. The number of hydrogen-bond acceptors (Lipinski definition) is 6. The summed E-state index contributed by atoms with van der Waals surface area (Å²) >= 11 is 0. The quantitative estimate of drug-likeness (QED) is 0.226. The van der Waals surface area contributed by atoms with E-state index in [0.29, 0.717) is 28.5 Å². The summed E-state index contributed by atoms with van der Waals surface area (Å²) in [5.41, 5.74) is 17.3. The highest BCUT2D eigenvalue weighted by Gasteiger charge is 2.26. The minimum Gasteiger partial charge on any atom is -0.383 e. The Morgan fingerprint density at radius 1 is 1.07 bits per heavy atom. The Bertz CT molecular complexity index is 1860. The maximum Gasteiger partial charge on any atom is 0.253 e. The molecule has 1 aliphatic carbocycles. The molecule has 1 amide bonds. The van der Waals surface area contributed by atoms with Gasteiger partial charge in [0.2, 0.25) is 0 Å². The zero-order chi connectivity index (χ0) is 28.7. The smallest absolute Gasteiger partial charge is 0.253 e. The minimum atomic E-state index is -1.58. The third-order valence-electron chi connectivity index (χ3n) is 7.09. The van der Waals surface area contributed by atoms with E-state index in [1.54, 1.807) is 12.4 Å². The number of benzene rings is 1. The topological polar surface area (TPSA) is 112 Å². The second-order valence-electron chi connectivity index (χ2n) is 11.4. The summed E-state index contributed by atoms with van der Waals surface area (Å²) in [4.78, 5) is 31.3. The summed E-state index contributed by atoms with van der Waals surface area (Å²) in [6.45, 7) is 8.54. The molecule has 1 aliphatic rings. The van der Waals surface area contributed by atoms with Crippen LogP contribution >= 0.6 is 0 Å². The second-order valence-corrected chi connectivity index (χ2v) is 16.1. The van der Waals surface area contributed by atoms with Gasteiger partial charge in [0, 0.05) is 23.8 Å². The van der Waals surface area contributed by atoms with Gasteiger partial charge in [-0.2, -0.15) is 0 Å². The average molecular weight is 558 g/mol. The van der Waals surface area contributed by atoms with Crippen LogP contribution in [-0.4, -0.2) is 38.5 Å². The fourth-order valence-electron chi connectivity index (χ4n) is 5.05. The maximum absolute atomic E-state index is 12.9. The van der Waals surface area contributed by atoms with E-state index in [1.807, 2.05) is 47.9 Å². The molecule has 0 bridgehead atoms. The molecule has 0 saturated carbocycles. The van der Waals surface area contributed by atoms with Gasteiger partial charge in [-0.1, -0.05) is 31.6 Å². The van der Waals surface area contributed by atoms with E-state index in [0.717, 1.165) is 40.9 Å². The summed E-state index contributed by atoms with van der Waals surface area (Å²) in [6.07, 6.45) is 4.96. The molecule has 1 aromatic carbocycles. The number of fused-ring (bicyclic) bond motifs is 2. The van der Waals surface area contributed by atoms with Crippen molar-refractivity contribution in [1.29, 1.82) is 0 Å². The normalized spacial score (nSPS) is 14.4. The largest absolute Gasteiger partial charge is 0.383 e. The standard InChI is InChI=1S/C32H31N7OSi/c1-20-7-8-22(19-35-20)32(40)38-27-13-9-21-18-24(11-12-25(21)27)39-30(26-6-5-16-34-29(26)33)37-28-14-10-23(36-31(28)39)15-17-41(2,3)4/h5-8,10-12,14,16,18-19,27H,9,13H2,1-4H3,(H2,33,34)(H,38,40)/t27-/m0/s1. The fraction of sp³-hybridized carbons (Fsp3) is 0.219. The average Bonchev–Trinajstić information content (AvgIpc) is 3.52. The van der Waals surface area contributed by atoms with Crippen molar-refractivity contribution in [1.82, 2.24) is 29.8 Å². The van der Waals surface area contributed by atoms with Crippen LogP contribution in [0.15, 0.2) is 67.0 Å². The molecule has 0 radical (unpaired) electrons. The molecule has 41 heavy (non-hydrogen) atoms. The lowest BCUT2D eigenvalue weighted by atomic mass is 10.1. The molecule has 4 aromatic heterocycles. The molecule has 3 N–H and O–H groups in total. The van der Waals surface area contributed by atoms with E-state index in [2.05, 4.69) is 64.6 Å². The highest BCUT2D eigenvalue weighted by molar-refractivity contribution is 6.83. The molecular formula is C32H31N7OSi. The highest BCUT2D eigenvalue weighted by atomic mass is 28.3. The number of nitrogen functional groups attached to an aromatic ring is 1. The van der Waals surface area contributed by atoms with Gasteiger partial charge in [-0.15, -0.1) is 5.54 Å². The van der Waals surface area contributed by atoms with E-state index >= 15 is 0 Å². The molecule has 0 aliphatic heterocycles. The van der Waals surface area contributed by atoms with Crippen LogP contribution in [-0.2, 0) is 6.42 Å². The second kappa shape index (κ2) is 10.3. The van der Waals surface area contributed by atoms with E-state index in [4.69, 9.17) is 15.7 Å². The molecule has 0 saturated heterocycles. The molecule has 9 heteroatoms. The first-order valence-electron chi connectivity index (χ1n) is 13.7. The van der Waals surface area contributed by atoms with E-state index < -0.39 is 8.07 Å². The lowest BCUT2D eigenvalue weighted by molar-refractivity contribution is 0.0936. The van der Waals surface area contributed by atoms with Crippen molar-refractivity contribution in [3.8, 4) is 28.5 Å². The number of pyridine rings is 3. The Hall–Kier alpha value is -4.81. The van der Waals surface area contributed by atoms with Gasteiger partial charge < -0.3 is 11.1 Å². The van der Waals surface area contributed by atoms with Crippen LogP contribution in [0.5, 0.6) is 0 Å². The van der Waals surface area contributed by atoms with Crippen molar-refractivity contribution in [3.63, 3.8) is 0 Å². The zero-order valence-electron chi connectivity index (χ0n) is 23.6. The van der Waals surface area contributed by atoms with Gasteiger partial charge in [0.25, 0.3) is 5.91 Å². The Kier molecular flexibility index (Phi) is 6.64. The maximum atomic E-state index is 12.9. The van der Waals surface area contributed by atoms with Crippen LogP contribution in [0.3, 0.4) is 0 Å². The van der Waals surface area contributed by atoms with Gasteiger partial charge in [0.15, 0.2) is 11.5 Å². The molecule has 6 rings (SSSR count). The van der Waals surface area contributed by atoms with Gasteiger partial charge in [-0.3, -0.25) is 14.3 Å². The molecule has 8 nitrogen and oxygen atoms in total. The number of rotatable bonds is 4. The monoisotopic (exact) mass is 557 g/mol. The summed E-state index contributed by atoms with van der Waals surface area (Å²) in [6, 6.07) is 17.5. The number of hydrogen-bond donors (Lipinski definition) is 2. The first-order chi connectivity index (χ1) is 19.7. The van der Waals surface area contributed by atoms with E-state index in [9.17, 15) is 4.79 Å². The first kappa shape index (κ1) is 26.4. The number of aromatic nitrogens is 5. The number of anilines is 1. The Morgan fingerprint density at radius 3 is 2.68 bits per heavy atom. The summed E-state index contributed by atoms with van der Waals surface area (Å²) in [7, 11) is -1.58. The predicted octanol–water partition coefficient (Wildman–Crippen LogP) is 5.41. The van der Waals surface area contributed by atoms with Crippen molar-refractivity contribution < 1.29 is 4.79 Å². The Labute approximate surface area is 240 Å². The molecular weight excluding hydrogens is 526 g/mol. The van der Waals surface area contributed by atoms with Gasteiger partial charge in [-0.25, -0.2) is 15.0 Å². The van der Waals surface area contributed by atoms with Crippen LogP contribution in [0.1, 0.15) is 45.3 Å². The van der Waals surface area contributed by atoms with Crippen molar-refractivity contribution >= 4 is 31.0 Å². The van der Waals surface area contributed by atoms with Gasteiger partial charge in [0.1, 0.15) is 25.1 Å². The van der Waals surface area contributed by atoms with Crippen LogP contribution in [0.4, 0.5) is 5.82 Å². The minimum absolute atomic E-state index is 0.0672. The van der Waals surface area contributed by atoms with E-state index in [-0.39, 0.29) is 11.9 Å². The molecule has 0 spiro atoms. The number of carbonyl (C=O) groups is 1. The third-order valence-corrected chi connectivity index (χ3v) is 7.97. The molecule has 0 unspecified atom stereocenters. The first-order valence-corrected chi connectivity index (χ1v) is 17.2. The van der Waals surface area contributed by atoms with Gasteiger partial charge in [-0.05, 0) is 79.4 Å². The highest BCUT2D eigenvalue weighted by Crippen LogP contribution is 2.36. The summed E-state index contributed by atoms with van der Waals surface area (Å²) < 4.78 is 2.03. The number of imidazole rings is 1. The van der Waals surface area contributed by atoms with Crippen molar-refractivity contribution in [3.05, 3.63) is 95.1 Å². The van der Waals surface area contributed by atoms with E-state index in [1.165, 1.54) is 5.56 Å². The van der Waals surface area contributed by atoms with Crippen LogP contribution in [0.2, 0.25) is 19.6 Å². The fourth-order valence-corrected chi connectivity index (χ4v) is 5.55. The third kappa shape index (κ3) is 5.34. The van der Waals surface area contributed by atoms with Crippen molar-refractivity contribution in [2.45, 2.75) is 45.4 Å². The summed E-state index contributed by atoms with van der Waals surface area (Å²) in [5.74, 6) is 4.23. The summed E-state index contributed by atoms with van der Waals surface area (Å²) in [5, 5.41) is 3.19. The van der Waals surface area contributed by atoms with Crippen LogP contribution in [0, 0.1) is 18.4 Å². The molecule has 4 heterocycles. The lowest BCUT2D eigenvalue weighted by Gasteiger charge is -2.16. The number of carbonyl (C=O) groups excluding carboxylic acids is 1. The Balaban J connectivity index is 1.42. The number of amides is 1. The molecule has 1 atom stereocenters. The Morgan fingerprint density at radius 2 is 1.93 bits per heavy atom. The van der Waals surface area contributed by atoms with Gasteiger partial charge >= 0.3 is 0 Å².